The van der Waals surface area contributed by atoms with Gasteiger partial charge in [0.15, 0.2) is 11.8 Å². The molecule has 0 saturated heterocycles. The van der Waals surface area contributed by atoms with Crippen molar-refractivity contribution in [3.8, 4) is 0 Å². The van der Waals surface area contributed by atoms with E-state index < -0.39 is 28.2 Å². The van der Waals surface area contributed by atoms with Crippen LogP contribution in [0.4, 0.5) is 5.69 Å². The number of hydrogen-bond donors (Lipinski definition) is 1. The largest absolute Gasteiger partial charge is 0.354 e. The van der Waals surface area contributed by atoms with Crippen LogP contribution in [0.1, 0.15) is 36.7 Å². The van der Waals surface area contributed by atoms with E-state index in [1.54, 1.807) is 6.07 Å². The first-order valence-corrected chi connectivity index (χ1v) is 9.84. The maximum atomic E-state index is 13.1. The van der Waals surface area contributed by atoms with Gasteiger partial charge in [0.2, 0.25) is 0 Å². The molecule has 0 aliphatic rings. The number of aromatic nitrogens is 1. The number of pyridine rings is 1. The van der Waals surface area contributed by atoms with Gasteiger partial charge in [0, 0.05) is 36.5 Å². The molecule has 0 saturated carbocycles. The molecule has 0 aliphatic carbocycles. The molecular formula is C21H26N4O5. The summed E-state index contributed by atoms with van der Waals surface area (Å²) in [5.41, 5.74) is -0.789. The van der Waals surface area contributed by atoms with Crippen LogP contribution < -0.4 is 10.9 Å². The highest BCUT2D eigenvalue weighted by molar-refractivity contribution is 6.12. The molecule has 160 valence electrons. The summed E-state index contributed by atoms with van der Waals surface area (Å²) >= 11 is 0. The molecule has 1 aromatic heterocycles. The van der Waals surface area contributed by atoms with Gasteiger partial charge in [-0.25, -0.2) is 0 Å². The Morgan fingerprint density at radius 1 is 1.17 bits per heavy atom. The van der Waals surface area contributed by atoms with Gasteiger partial charge in [0.1, 0.15) is 0 Å². The molecule has 1 aromatic carbocycles. The summed E-state index contributed by atoms with van der Waals surface area (Å²) in [6.45, 7) is 7.04. The zero-order valence-electron chi connectivity index (χ0n) is 17.1. The predicted molar refractivity (Wildman–Crippen MR) is 113 cm³/mol. The SMILES string of the molecule is CCN(CC)CCCNC(=O)C(C(=O)c1cccc([N+](=O)[O-])c1)n1ccccc1=O. The summed E-state index contributed by atoms with van der Waals surface area (Å²) < 4.78 is 1.04. The lowest BCUT2D eigenvalue weighted by molar-refractivity contribution is -0.384. The Kier molecular flexibility index (Phi) is 8.42. The van der Waals surface area contributed by atoms with Gasteiger partial charge in [0.05, 0.1) is 4.92 Å². The summed E-state index contributed by atoms with van der Waals surface area (Å²) in [6, 6.07) is 7.99. The number of rotatable bonds is 11. The normalized spacial score (nSPS) is 11.8. The first-order valence-electron chi connectivity index (χ1n) is 9.84. The van der Waals surface area contributed by atoms with Crippen molar-refractivity contribution >= 4 is 17.4 Å². The number of nitrogens with zero attached hydrogens (tertiary/aromatic N) is 3. The van der Waals surface area contributed by atoms with Crippen LogP contribution >= 0.6 is 0 Å². The van der Waals surface area contributed by atoms with Gasteiger partial charge in [-0.1, -0.05) is 32.0 Å². The van der Waals surface area contributed by atoms with E-state index in [-0.39, 0.29) is 11.3 Å². The van der Waals surface area contributed by atoms with Gasteiger partial charge >= 0.3 is 0 Å². The molecule has 2 rings (SSSR count). The van der Waals surface area contributed by atoms with Crippen LogP contribution in [0.15, 0.2) is 53.5 Å². The first-order chi connectivity index (χ1) is 14.4. The number of ketones is 1. The number of amides is 1. The summed E-state index contributed by atoms with van der Waals surface area (Å²) in [7, 11) is 0. The van der Waals surface area contributed by atoms with Crippen LogP contribution in [0.25, 0.3) is 0 Å². The van der Waals surface area contributed by atoms with Crippen molar-refractivity contribution in [1.82, 2.24) is 14.8 Å². The quantitative estimate of drug-likeness (QED) is 0.198. The second-order valence-electron chi connectivity index (χ2n) is 6.69. The lowest BCUT2D eigenvalue weighted by Crippen LogP contribution is -2.42. The van der Waals surface area contributed by atoms with Gasteiger partial charge in [-0.15, -0.1) is 0 Å². The average Bonchev–Trinajstić information content (AvgIpc) is 2.75. The van der Waals surface area contributed by atoms with Crippen molar-refractivity contribution < 1.29 is 14.5 Å². The van der Waals surface area contributed by atoms with E-state index in [9.17, 15) is 24.5 Å². The predicted octanol–water partition coefficient (Wildman–Crippen LogP) is 2.03. The third kappa shape index (κ3) is 5.84. The number of nitro groups is 1. The van der Waals surface area contributed by atoms with E-state index in [0.29, 0.717) is 13.0 Å². The first kappa shape index (κ1) is 23.0. The van der Waals surface area contributed by atoms with Crippen molar-refractivity contribution in [2.45, 2.75) is 26.3 Å². The van der Waals surface area contributed by atoms with E-state index in [1.807, 2.05) is 0 Å². The lowest BCUT2D eigenvalue weighted by atomic mass is 10.0. The second-order valence-corrected chi connectivity index (χ2v) is 6.69. The van der Waals surface area contributed by atoms with Gasteiger partial charge in [-0.2, -0.15) is 0 Å². The number of Topliss-reactive ketones (excluding diaryl/α,β-unsaturated/α-hetero) is 1. The number of non-ortho nitro benzene ring substituents is 1. The maximum Gasteiger partial charge on any atom is 0.270 e. The Hall–Kier alpha value is -3.33. The minimum Gasteiger partial charge on any atom is -0.354 e. The number of carbonyl (C=O) groups excluding carboxylic acids is 2. The van der Waals surface area contributed by atoms with Gasteiger partial charge in [0.25, 0.3) is 17.2 Å². The fourth-order valence-corrected chi connectivity index (χ4v) is 3.11. The molecule has 0 aliphatic heterocycles. The van der Waals surface area contributed by atoms with Gasteiger partial charge in [-0.3, -0.25) is 29.1 Å². The molecule has 0 bridgehead atoms. The number of hydrogen-bond acceptors (Lipinski definition) is 6. The Labute approximate surface area is 174 Å². The fourth-order valence-electron chi connectivity index (χ4n) is 3.11. The van der Waals surface area contributed by atoms with Gasteiger partial charge < -0.3 is 10.2 Å². The molecule has 0 radical (unpaired) electrons. The molecule has 1 heterocycles. The van der Waals surface area contributed by atoms with Crippen molar-refractivity contribution in [1.29, 1.82) is 0 Å². The fraction of sp³-hybridized carbons (Fsp3) is 0.381. The minimum atomic E-state index is -1.45. The highest BCUT2D eigenvalue weighted by Crippen LogP contribution is 2.19. The van der Waals surface area contributed by atoms with E-state index in [2.05, 4.69) is 24.1 Å². The molecule has 1 atom stereocenters. The monoisotopic (exact) mass is 414 g/mol. The molecule has 0 spiro atoms. The molecule has 0 fully saturated rings. The third-order valence-corrected chi connectivity index (χ3v) is 4.81. The smallest absolute Gasteiger partial charge is 0.270 e. The number of carbonyl (C=O) groups is 2. The van der Waals surface area contributed by atoms with Gasteiger partial charge in [-0.05, 0) is 32.1 Å². The molecule has 2 aromatic rings. The van der Waals surface area contributed by atoms with E-state index >= 15 is 0 Å². The third-order valence-electron chi connectivity index (χ3n) is 4.81. The maximum absolute atomic E-state index is 13.1. The molecular weight excluding hydrogens is 388 g/mol. The van der Waals surface area contributed by atoms with Crippen molar-refractivity contribution in [2.24, 2.45) is 0 Å². The van der Waals surface area contributed by atoms with Crippen molar-refractivity contribution in [2.75, 3.05) is 26.2 Å². The topological polar surface area (TPSA) is 115 Å². The zero-order chi connectivity index (χ0) is 22.1. The molecule has 1 amide bonds. The lowest BCUT2D eigenvalue weighted by Gasteiger charge is -2.20. The number of nitro benzene ring substituents is 1. The Morgan fingerprint density at radius 3 is 2.53 bits per heavy atom. The summed E-state index contributed by atoms with van der Waals surface area (Å²) in [5, 5.41) is 13.8. The Morgan fingerprint density at radius 2 is 1.90 bits per heavy atom. The van der Waals surface area contributed by atoms with Crippen molar-refractivity contribution in [3.05, 3.63) is 74.7 Å². The van der Waals surface area contributed by atoms with Crippen LogP contribution in [-0.4, -0.2) is 52.3 Å². The van der Waals surface area contributed by atoms with Crippen LogP contribution in [-0.2, 0) is 4.79 Å². The molecule has 1 unspecified atom stereocenters. The minimum absolute atomic E-state index is 0.0109. The summed E-state index contributed by atoms with van der Waals surface area (Å²) in [6.07, 6.45) is 2.05. The highest BCUT2D eigenvalue weighted by Gasteiger charge is 2.30. The van der Waals surface area contributed by atoms with E-state index in [0.717, 1.165) is 30.3 Å². The van der Waals surface area contributed by atoms with Crippen molar-refractivity contribution in [3.63, 3.8) is 0 Å². The molecule has 30 heavy (non-hydrogen) atoms. The average molecular weight is 414 g/mol. The molecule has 9 heteroatoms. The molecule has 9 nitrogen and oxygen atoms in total. The van der Waals surface area contributed by atoms with E-state index in [4.69, 9.17) is 0 Å². The van der Waals surface area contributed by atoms with Crippen LogP contribution in [0.5, 0.6) is 0 Å². The Bertz CT molecular complexity index is 952. The zero-order valence-corrected chi connectivity index (χ0v) is 17.1. The number of benzene rings is 1. The van der Waals surface area contributed by atoms with Crippen LogP contribution in [0, 0.1) is 10.1 Å². The number of nitrogens with one attached hydrogen (secondary N) is 1. The Balaban J connectivity index is 2.25. The summed E-state index contributed by atoms with van der Waals surface area (Å²) in [5.74, 6) is -1.31. The summed E-state index contributed by atoms with van der Waals surface area (Å²) in [4.78, 5) is 50.9. The van der Waals surface area contributed by atoms with Crippen LogP contribution in [0.2, 0.25) is 0 Å². The second kappa shape index (κ2) is 11.0. The highest BCUT2D eigenvalue weighted by atomic mass is 16.6. The standard InChI is InChI=1S/C21H26N4O5/c1-3-23(4-2)13-8-12-22-21(28)19(24-14-6-5-11-18(24)26)20(27)16-9-7-10-17(15-16)25(29)30/h5-7,9-11,14-15,19H,3-4,8,12-13H2,1-2H3,(H,22,28). The molecule has 1 N–H and O–H groups in total. The van der Waals surface area contributed by atoms with E-state index in [1.165, 1.54) is 36.5 Å². The van der Waals surface area contributed by atoms with Crippen LogP contribution in [0.3, 0.4) is 0 Å².